The Bertz CT molecular complexity index is 1150. The molecule has 0 bridgehead atoms. The number of aliphatic hydroxyl groups is 1. The van der Waals surface area contributed by atoms with Gasteiger partial charge in [0.2, 0.25) is 0 Å². The molecule has 39 heavy (non-hydrogen) atoms. The Morgan fingerprint density at radius 3 is 2.49 bits per heavy atom. The molecule has 2 heterocycles. The van der Waals surface area contributed by atoms with Gasteiger partial charge >= 0.3 is 12.8 Å². The first-order valence-corrected chi connectivity index (χ1v) is 13.1. The number of hydrogen-bond acceptors (Lipinski definition) is 6. The lowest BCUT2D eigenvalue weighted by atomic mass is 9.79. The van der Waals surface area contributed by atoms with Crippen molar-refractivity contribution in [2.75, 3.05) is 11.9 Å². The molecular weight excluding hydrogens is 549 g/mol. The summed E-state index contributed by atoms with van der Waals surface area (Å²) in [7, 11) is 0. The number of carbonyl (C=O) groups excluding carboxylic acids is 1. The van der Waals surface area contributed by atoms with Gasteiger partial charge in [0, 0.05) is 25.4 Å². The van der Waals surface area contributed by atoms with Crippen LogP contribution in [0.5, 0.6) is 5.75 Å². The number of nitrogens with one attached hydrogen (secondary N) is 2. The first-order valence-electron chi connectivity index (χ1n) is 12.7. The van der Waals surface area contributed by atoms with Crippen molar-refractivity contribution in [2.24, 2.45) is 11.8 Å². The molecule has 0 unspecified atom stereocenters. The lowest BCUT2D eigenvalue weighted by Gasteiger charge is -2.34. The minimum absolute atomic E-state index is 0.0128. The first kappa shape index (κ1) is 30.9. The fourth-order valence-electron chi connectivity index (χ4n) is 4.55. The Balaban J connectivity index is 1.93. The van der Waals surface area contributed by atoms with Gasteiger partial charge in [-0.15, -0.1) is 0 Å². The zero-order valence-electron chi connectivity index (χ0n) is 22.1. The number of aromatic nitrogens is 3. The molecule has 8 nitrogen and oxygen atoms in total. The zero-order chi connectivity index (χ0) is 29.1. The fourth-order valence-corrected chi connectivity index (χ4v) is 4.87. The van der Waals surface area contributed by atoms with Crippen molar-refractivity contribution in [3.8, 4) is 17.0 Å². The van der Waals surface area contributed by atoms with Crippen LogP contribution in [0.15, 0.2) is 12.3 Å². The van der Waals surface area contributed by atoms with Crippen LogP contribution < -0.4 is 15.4 Å². The Morgan fingerprint density at radius 1 is 1.31 bits per heavy atom. The van der Waals surface area contributed by atoms with Gasteiger partial charge < -0.3 is 20.5 Å². The number of rotatable bonds is 10. The highest BCUT2D eigenvalue weighted by molar-refractivity contribution is 6.36. The molecule has 0 spiro atoms. The van der Waals surface area contributed by atoms with Crippen LogP contribution in [0.2, 0.25) is 5.02 Å². The molecule has 1 saturated carbocycles. The summed E-state index contributed by atoms with van der Waals surface area (Å²) >= 11 is 6.51. The molecule has 3 rings (SSSR count). The molecule has 1 aliphatic carbocycles. The van der Waals surface area contributed by atoms with Gasteiger partial charge in [0.15, 0.2) is 5.69 Å². The summed E-state index contributed by atoms with van der Waals surface area (Å²) in [5.74, 6) is -1.90. The van der Waals surface area contributed by atoms with E-state index in [4.69, 9.17) is 11.6 Å². The molecule has 1 fully saturated rings. The topological polar surface area (TPSA) is 101 Å². The Morgan fingerprint density at radius 2 is 1.95 bits per heavy atom. The van der Waals surface area contributed by atoms with E-state index in [1.807, 2.05) is 0 Å². The molecule has 3 N–H and O–H groups in total. The normalized spacial score (nSPS) is 20.8. The van der Waals surface area contributed by atoms with Gasteiger partial charge in [-0.25, -0.2) is 4.98 Å². The number of aryl methyl sites for hydroxylation is 1. The highest BCUT2D eigenvalue weighted by atomic mass is 35.5. The maximum Gasteiger partial charge on any atom is 0.408 e. The number of amides is 1. The van der Waals surface area contributed by atoms with Crippen LogP contribution in [0.1, 0.15) is 63.9 Å². The minimum Gasteiger partial charge on any atom is -0.434 e. The summed E-state index contributed by atoms with van der Waals surface area (Å²) in [5.41, 5.74) is -1.32. The van der Waals surface area contributed by atoms with Gasteiger partial charge in [0.1, 0.15) is 17.6 Å². The van der Waals surface area contributed by atoms with Crippen molar-refractivity contribution in [3.63, 3.8) is 0 Å². The predicted octanol–water partition coefficient (Wildman–Crippen LogP) is 5.89. The van der Waals surface area contributed by atoms with Gasteiger partial charge in [-0.05, 0) is 44.4 Å². The number of alkyl halides is 5. The molecule has 2 aromatic heterocycles. The highest BCUT2D eigenvalue weighted by Gasteiger charge is 2.42. The highest BCUT2D eigenvalue weighted by Crippen LogP contribution is 2.39. The summed E-state index contributed by atoms with van der Waals surface area (Å²) in [5, 5.41) is 19.7. The number of nitrogens with zero attached hydrogens (tertiary/aromatic N) is 3. The van der Waals surface area contributed by atoms with Crippen LogP contribution in [0.4, 0.5) is 27.8 Å². The average molecular weight is 582 g/mol. The van der Waals surface area contributed by atoms with Gasteiger partial charge in [-0.2, -0.15) is 27.1 Å². The van der Waals surface area contributed by atoms with Crippen LogP contribution in [0.25, 0.3) is 11.3 Å². The number of ether oxygens (including phenoxy) is 1. The van der Waals surface area contributed by atoms with Crippen LogP contribution in [-0.4, -0.2) is 56.8 Å². The summed E-state index contributed by atoms with van der Waals surface area (Å²) in [6.45, 7) is 3.34. The molecule has 218 valence electrons. The van der Waals surface area contributed by atoms with Gasteiger partial charge in [0.25, 0.3) is 5.91 Å². The van der Waals surface area contributed by atoms with E-state index in [2.05, 4.69) is 32.4 Å². The third-order valence-corrected chi connectivity index (χ3v) is 7.21. The average Bonchev–Trinajstić information content (AvgIpc) is 3.18. The molecule has 0 aromatic carbocycles. The first-order chi connectivity index (χ1) is 18.1. The smallest absolute Gasteiger partial charge is 0.408 e. The lowest BCUT2D eigenvalue weighted by molar-refractivity contribution is -0.150. The molecule has 2 aromatic rings. The van der Waals surface area contributed by atoms with Gasteiger partial charge in [-0.1, -0.05) is 32.4 Å². The Labute approximate surface area is 228 Å². The second-order valence-corrected chi connectivity index (χ2v) is 10.6. The number of anilines is 1. The van der Waals surface area contributed by atoms with E-state index < -0.39 is 42.0 Å². The summed E-state index contributed by atoms with van der Waals surface area (Å²) in [6.07, 6.45) is -0.864. The van der Waals surface area contributed by atoms with Gasteiger partial charge in [-0.3, -0.25) is 9.48 Å². The maximum atomic E-state index is 13.4. The second-order valence-electron chi connectivity index (χ2n) is 10.3. The van der Waals surface area contributed by atoms with E-state index in [0.717, 1.165) is 25.1 Å². The van der Waals surface area contributed by atoms with Crippen molar-refractivity contribution in [3.05, 3.63) is 23.0 Å². The van der Waals surface area contributed by atoms with E-state index in [9.17, 15) is 31.9 Å². The van der Waals surface area contributed by atoms with Gasteiger partial charge in [0.05, 0.1) is 21.9 Å². The molecule has 1 amide bonds. The maximum absolute atomic E-state index is 13.4. The van der Waals surface area contributed by atoms with Crippen molar-refractivity contribution in [1.82, 2.24) is 20.1 Å². The van der Waals surface area contributed by atoms with E-state index in [-0.39, 0.29) is 40.9 Å². The molecule has 1 atom stereocenters. The SMILES string of the molecule is CCn1nc(C(=O)NCC2(O)CCC(C)CC2)c(Cl)c1-c1cnc(N[C@H](C(C)C)C(F)(F)F)cc1OC(F)F. The largest absolute Gasteiger partial charge is 0.434 e. The molecule has 1 aliphatic rings. The number of pyridine rings is 1. The number of hydrogen-bond donors (Lipinski definition) is 3. The standard InChI is InChI=1S/C25H33ClF5N5O3/c1-5-36-20(18(26)19(35-36)22(37)33-12-24(38)8-6-14(4)7-9-24)15-11-32-17(10-16(15)39-23(27)28)34-21(13(2)3)25(29,30)31/h10-11,13-14,21,23,38H,5-9,12H2,1-4H3,(H,32,34)(H,33,37)/t14?,21-,24?/m1/s1. The van der Waals surface area contributed by atoms with E-state index in [1.54, 1.807) is 6.92 Å². The predicted molar refractivity (Wildman–Crippen MR) is 136 cm³/mol. The quantitative estimate of drug-likeness (QED) is 0.303. The molecule has 0 radical (unpaired) electrons. The van der Waals surface area contributed by atoms with Crippen molar-refractivity contribution in [1.29, 1.82) is 0 Å². The third kappa shape index (κ3) is 7.50. The molecule has 14 heteroatoms. The van der Waals surface area contributed by atoms with E-state index in [1.165, 1.54) is 18.5 Å². The summed E-state index contributed by atoms with van der Waals surface area (Å²) in [4.78, 5) is 16.9. The van der Waals surface area contributed by atoms with Crippen molar-refractivity contribution in [2.45, 2.75) is 84.4 Å². The van der Waals surface area contributed by atoms with Crippen LogP contribution in [0, 0.1) is 11.8 Å². The zero-order valence-corrected chi connectivity index (χ0v) is 22.8. The van der Waals surface area contributed by atoms with E-state index in [0.29, 0.717) is 18.8 Å². The monoisotopic (exact) mass is 581 g/mol. The lowest BCUT2D eigenvalue weighted by Crippen LogP contribution is -2.45. The Hall–Kier alpha value is -2.67. The minimum atomic E-state index is -4.62. The van der Waals surface area contributed by atoms with Crippen LogP contribution in [0.3, 0.4) is 0 Å². The number of halogens is 6. The third-order valence-electron chi connectivity index (χ3n) is 6.85. The molecule has 0 aliphatic heterocycles. The summed E-state index contributed by atoms with van der Waals surface area (Å²) in [6, 6.07) is -1.07. The van der Waals surface area contributed by atoms with Crippen molar-refractivity contribution < 1.29 is 36.6 Å². The van der Waals surface area contributed by atoms with Crippen LogP contribution >= 0.6 is 11.6 Å². The second kappa shape index (κ2) is 12.2. The van der Waals surface area contributed by atoms with E-state index >= 15 is 0 Å². The number of carbonyl (C=O) groups is 1. The molecule has 0 saturated heterocycles. The molecular formula is C25H33ClF5N5O3. The van der Waals surface area contributed by atoms with Crippen LogP contribution in [-0.2, 0) is 6.54 Å². The fraction of sp³-hybridized carbons (Fsp3) is 0.640. The summed E-state index contributed by atoms with van der Waals surface area (Å²) < 4.78 is 72.8. The van der Waals surface area contributed by atoms with Crippen molar-refractivity contribution >= 4 is 23.3 Å². The Kier molecular flexibility index (Phi) is 9.69.